The summed E-state index contributed by atoms with van der Waals surface area (Å²) in [5, 5.41) is 19.7. The van der Waals surface area contributed by atoms with Gasteiger partial charge in [0, 0.05) is 30.7 Å². The number of halogens is 1. The van der Waals surface area contributed by atoms with Gasteiger partial charge in [0.1, 0.15) is 0 Å². The molecule has 0 bridgehead atoms. The lowest BCUT2D eigenvalue weighted by molar-refractivity contribution is -0.387. The number of aliphatic hydroxyl groups is 1. The van der Waals surface area contributed by atoms with Crippen LogP contribution in [0.4, 0.5) is 5.69 Å². The quantitative estimate of drug-likeness (QED) is 0.422. The third kappa shape index (κ3) is 4.73. The molecule has 118 valence electrons. The predicted octanol–water partition coefficient (Wildman–Crippen LogP) is 2.14. The number of unbranched alkanes of at least 4 members (excludes halogenated alkanes) is 2. The molecule has 1 N–H and O–H groups in total. The van der Waals surface area contributed by atoms with Gasteiger partial charge in [0.05, 0.1) is 4.92 Å². The highest BCUT2D eigenvalue weighted by atomic mass is 79.9. The second-order valence-corrected chi connectivity index (χ2v) is 7.41. The number of nitrogens with zero attached hydrogens (tertiary/aromatic N) is 2. The van der Waals surface area contributed by atoms with Crippen LogP contribution in [0.25, 0.3) is 0 Å². The van der Waals surface area contributed by atoms with Crippen LogP contribution in [0.3, 0.4) is 0 Å². The summed E-state index contributed by atoms with van der Waals surface area (Å²) >= 11 is 3.13. The van der Waals surface area contributed by atoms with Crippen LogP contribution in [-0.2, 0) is 10.0 Å². The molecule has 0 saturated carbocycles. The van der Waals surface area contributed by atoms with Crippen LogP contribution in [0.5, 0.6) is 0 Å². The summed E-state index contributed by atoms with van der Waals surface area (Å²) in [6.45, 7) is 0.305. The normalized spacial score (nSPS) is 11.8. The zero-order valence-electron chi connectivity index (χ0n) is 11.5. The van der Waals surface area contributed by atoms with E-state index >= 15 is 0 Å². The molecule has 0 aliphatic rings. The first kappa shape index (κ1) is 18.0. The third-order valence-corrected chi connectivity index (χ3v) is 5.32. The van der Waals surface area contributed by atoms with E-state index in [-0.39, 0.29) is 18.0 Å². The van der Waals surface area contributed by atoms with Crippen molar-refractivity contribution in [1.82, 2.24) is 4.31 Å². The van der Waals surface area contributed by atoms with Gasteiger partial charge in [0.25, 0.3) is 5.69 Å². The fraction of sp³-hybridized carbons (Fsp3) is 0.500. The molecule has 0 atom stereocenters. The zero-order chi connectivity index (χ0) is 16.0. The van der Waals surface area contributed by atoms with E-state index in [4.69, 9.17) is 5.11 Å². The van der Waals surface area contributed by atoms with E-state index in [0.29, 0.717) is 23.7 Å². The number of benzene rings is 1. The van der Waals surface area contributed by atoms with Crippen LogP contribution in [-0.4, -0.2) is 43.0 Å². The topological polar surface area (TPSA) is 101 Å². The van der Waals surface area contributed by atoms with Crippen molar-refractivity contribution in [3.05, 3.63) is 32.8 Å². The van der Waals surface area contributed by atoms with Crippen molar-refractivity contribution in [2.45, 2.75) is 24.2 Å². The van der Waals surface area contributed by atoms with Gasteiger partial charge in [-0.15, -0.1) is 0 Å². The van der Waals surface area contributed by atoms with Crippen molar-refractivity contribution in [1.29, 1.82) is 0 Å². The van der Waals surface area contributed by atoms with Crippen LogP contribution >= 0.6 is 15.9 Å². The Morgan fingerprint density at radius 1 is 1.33 bits per heavy atom. The summed E-state index contributed by atoms with van der Waals surface area (Å²) in [7, 11) is -2.54. The van der Waals surface area contributed by atoms with Crippen molar-refractivity contribution in [3.63, 3.8) is 0 Å². The molecule has 0 aliphatic carbocycles. The standard InChI is InChI=1S/C12H17BrN2O5S/c1-14(7-3-2-4-8-16)21(19,20)12-9-10(13)5-6-11(12)15(17)18/h5-6,9,16H,2-4,7-8H2,1H3. The molecular formula is C12H17BrN2O5S. The Morgan fingerprint density at radius 3 is 2.57 bits per heavy atom. The maximum absolute atomic E-state index is 12.4. The van der Waals surface area contributed by atoms with Gasteiger partial charge in [-0.25, -0.2) is 12.7 Å². The number of aliphatic hydroxyl groups excluding tert-OH is 1. The van der Waals surface area contributed by atoms with Gasteiger partial charge in [0.15, 0.2) is 4.90 Å². The summed E-state index contributed by atoms with van der Waals surface area (Å²) in [5.74, 6) is 0. The van der Waals surface area contributed by atoms with Crippen molar-refractivity contribution >= 4 is 31.6 Å². The Bertz CT molecular complexity index is 606. The zero-order valence-corrected chi connectivity index (χ0v) is 13.9. The molecule has 0 saturated heterocycles. The molecule has 9 heteroatoms. The Hall–Kier alpha value is -1.03. The highest BCUT2D eigenvalue weighted by Crippen LogP contribution is 2.29. The monoisotopic (exact) mass is 380 g/mol. The average molecular weight is 381 g/mol. The molecule has 0 fully saturated rings. The van der Waals surface area contributed by atoms with Crippen LogP contribution in [0.1, 0.15) is 19.3 Å². The summed E-state index contributed by atoms with van der Waals surface area (Å²) < 4.78 is 26.4. The Morgan fingerprint density at radius 2 is 2.00 bits per heavy atom. The first-order valence-electron chi connectivity index (χ1n) is 6.32. The molecule has 1 aromatic rings. The third-order valence-electron chi connectivity index (χ3n) is 2.94. The van der Waals surface area contributed by atoms with Crippen LogP contribution in [0.15, 0.2) is 27.6 Å². The minimum Gasteiger partial charge on any atom is -0.396 e. The lowest BCUT2D eigenvalue weighted by atomic mass is 10.2. The van der Waals surface area contributed by atoms with E-state index in [1.807, 2.05) is 0 Å². The van der Waals surface area contributed by atoms with Gasteiger partial charge in [-0.3, -0.25) is 10.1 Å². The predicted molar refractivity (Wildman–Crippen MR) is 81.5 cm³/mol. The van der Waals surface area contributed by atoms with E-state index in [1.54, 1.807) is 0 Å². The minimum atomic E-state index is -3.93. The molecule has 0 amide bonds. The highest BCUT2D eigenvalue weighted by Gasteiger charge is 2.29. The van der Waals surface area contributed by atoms with E-state index < -0.39 is 20.6 Å². The number of nitro groups is 1. The van der Waals surface area contributed by atoms with E-state index in [1.165, 1.54) is 19.2 Å². The molecule has 0 aliphatic heterocycles. The highest BCUT2D eigenvalue weighted by molar-refractivity contribution is 9.10. The molecule has 1 aromatic carbocycles. The lowest BCUT2D eigenvalue weighted by Gasteiger charge is -2.17. The summed E-state index contributed by atoms with van der Waals surface area (Å²) in [6.07, 6.45) is 1.87. The van der Waals surface area contributed by atoms with Gasteiger partial charge >= 0.3 is 0 Å². The Labute approximate surface area is 131 Å². The van der Waals surface area contributed by atoms with Crippen molar-refractivity contribution < 1.29 is 18.4 Å². The molecular weight excluding hydrogens is 364 g/mol. The van der Waals surface area contributed by atoms with Gasteiger partial charge in [-0.05, 0) is 31.4 Å². The van der Waals surface area contributed by atoms with Gasteiger partial charge in [-0.1, -0.05) is 15.9 Å². The van der Waals surface area contributed by atoms with Crippen LogP contribution < -0.4 is 0 Å². The SMILES string of the molecule is CN(CCCCCO)S(=O)(=O)c1cc(Br)ccc1[N+](=O)[O-]. The molecule has 0 unspecified atom stereocenters. The number of nitro benzene ring substituents is 1. The Kier molecular flexibility index (Phi) is 6.72. The molecule has 0 radical (unpaired) electrons. The van der Waals surface area contributed by atoms with Gasteiger partial charge in [0.2, 0.25) is 10.0 Å². The second-order valence-electron chi connectivity index (χ2n) is 4.48. The van der Waals surface area contributed by atoms with E-state index in [2.05, 4.69) is 15.9 Å². The average Bonchev–Trinajstić information content (AvgIpc) is 2.42. The van der Waals surface area contributed by atoms with Crippen molar-refractivity contribution in [2.24, 2.45) is 0 Å². The van der Waals surface area contributed by atoms with Crippen LogP contribution in [0, 0.1) is 10.1 Å². The van der Waals surface area contributed by atoms with Crippen molar-refractivity contribution in [3.8, 4) is 0 Å². The number of sulfonamides is 1. The molecule has 0 heterocycles. The van der Waals surface area contributed by atoms with Gasteiger partial charge < -0.3 is 5.11 Å². The maximum Gasteiger partial charge on any atom is 0.289 e. The van der Waals surface area contributed by atoms with Gasteiger partial charge in [-0.2, -0.15) is 0 Å². The van der Waals surface area contributed by atoms with E-state index in [0.717, 1.165) is 10.4 Å². The number of rotatable bonds is 8. The molecule has 21 heavy (non-hydrogen) atoms. The maximum atomic E-state index is 12.4. The number of hydrogen-bond donors (Lipinski definition) is 1. The first-order valence-corrected chi connectivity index (χ1v) is 8.55. The Balaban J connectivity index is 3.01. The molecule has 7 nitrogen and oxygen atoms in total. The fourth-order valence-electron chi connectivity index (χ4n) is 1.76. The summed E-state index contributed by atoms with van der Waals surface area (Å²) in [5.41, 5.74) is -0.444. The molecule has 1 rings (SSSR count). The summed E-state index contributed by atoms with van der Waals surface area (Å²) in [6, 6.07) is 3.83. The number of hydrogen-bond acceptors (Lipinski definition) is 5. The summed E-state index contributed by atoms with van der Waals surface area (Å²) in [4.78, 5) is 9.94. The second kappa shape index (κ2) is 7.83. The minimum absolute atomic E-state index is 0.0631. The fourth-order valence-corrected chi connectivity index (χ4v) is 3.66. The lowest BCUT2D eigenvalue weighted by Crippen LogP contribution is -2.28. The first-order chi connectivity index (χ1) is 9.80. The van der Waals surface area contributed by atoms with Crippen molar-refractivity contribution in [2.75, 3.05) is 20.2 Å². The molecule has 0 aromatic heterocycles. The largest absolute Gasteiger partial charge is 0.396 e. The molecule has 0 spiro atoms. The van der Waals surface area contributed by atoms with Crippen LogP contribution in [0.2, 0.25) is 0 Å². The smallest absolute Gasteiger partial charge is 0.289 e. The van der Waals surface area contributed by atoms with E-state index in [9.17, 15) is 18.5 Å².